The van der Waals surface area contributed by atoms with E-state index >= 15 is 0 Å². The number of hydrogen-bond donors (Lipinski definition) is 4. The average molecular weight is 1010 g/mol. The van der Waals surface area contributed by atoms with Crippen LogP contribution in [0.2, 0.25) is 0 Å². The van der Waals surface area contributed by atoms with E-state index in [1.807, 2.05) is 61.7 Å². The van der Waals surface area contributed by atoms with Crippen LogP contribution in [0.1, 0.15) is 127 Å². The molecule has 2 aromatic carbocycles. The third-order valence-corrected chi connectivity index (χ3v) is 17.7. The number of likely N-dealkylation sites (tertiary alicyclic amines) is 1. The van der Waals surface area contributed by atoms with Gasteiger partial charge in [-0.05, 0) is 101 Å². The van der Waals surface area contributed by atoms with Gasteiger partial charge in [0.15, 0.2) is 0 Å². The van der Waals surface area contributed by atoms with Gasteiger partial charge in [0.25, 0.3) is 0 Å². The quantitative estimate of drug-likeness (QED) is 0.104. The van der Waals surface area contributed by atoms with Gasteiger partial charge in [-0.2, -0.15) is 0 Å². The fraction of sp³-hybridized carbons (Fsp3) is 0.491. The minimum absolute atomic E-state index is 0.00186. The van der Waals surface area contributed by atoms with Gasteiger partial charge in [0.2, 0.25) is 41.3 Å². The van der Waals surface area contributed by atoms with Gasteiger partial charge in [0.1, 0.15) is 23.2 Å². The van der Waals surface area contributed by atoms with Crippen LogP contribution in [-0.4, -0.2) is 102 Å². The molecule has 3 saturated heterocycles. The van der Waals surface area contributed by atoms with Crippen LogP contribution >= 0.6 is 0 Å². The van der Waals surface area contributed by atoms with Gasteiger partial charge in [0.05, 0.1) is 45.9 Å². The van der Waals surface area contributed by atoms with E-state index in [9.17, 15) is 24.0 Å². The molecule has 0 unspecified atom stereocenters. The highest BCUT2D eigenvalue weighted by molar-refractivity contribution is 6.08. The number of imidazole rings is 2. The summed E-state index contributed by atoms with van der Waals surface area (Å²) in [5.74, 6) is 1.58. The molecule has 4 aromatic heterocycles. The molecule has 18 heteroatoms. The molecule has 14 rings (SSSR count). The number of fused-ring (bicyclic) bond motifs is 6. The largest absolute Gasteiger partial charge is 0.473 e. The van der Waals surface area contributed by atoms with Crippen molar-refractivity contribution in [2.75, 3.05) is 36.8 Å². The first-order valence-electron chi connectivity index (χ1n) is 27.1. The van der Waals surface area contributed by atoms with Gasteiger partial charge in [-0.3, -0.25) is 24.0 Å². The van der Waals surface area contributed by atoms with Gasteiger partial charge in [-0.1, -0.05) is 43.5 Å². The summed E-state index contributed by atoms with van der Waals surface area (Å²) in [7, 11) is 0. The molecule has 9 heterocycles. The molecule has 3 aliphatic carbocycles. The number of anilines is 2. The monoisotopic (exact) mass is 1010 g/mol. The molecule has 75 heavy (non-hydrogen) atoms. The molecule has 0 radical (unpaired) electrons. The number of aromatic nitrogens is 6. The van der Waals surface area contributed by atoms with E-state index in [1.165, 1.54) is 6.42 Å². The summed E-state index contributed by atoms with van der Waals surface area (Å²) in [6.45, 7) is 7.95. The fourth-order valence-corrected chi connectivity index (χ4v) is 12.8. The molecule has 6 fully saturated rings. The number of rotatable bonds is 10. The Morgan fingerprint density at radius 3 is 1.49 bits per heavy atom. The lowest BCUT2D eigenvalue weighted by Crippen LogP contribution is -2.47. The van der Waals surface area contributed by atoms with E-state index in [4.69, 9.17) is 29.4 Å². The lowest BCUT2D eigenvalue weighted by Gasteiger charge is -2.37. The van der Waals surface area contributed by atoms with Gasteiger partial charge in [-0.15, -0.1) is 0 Å². The summed E-state index contributed by atoms with van der Waals surface area (Å²) < 4.78 is 17.3. The molecule has 388 valence electrons. The van der Waals surface area contributed by atoms with Crippen molar-refractivity contribution < 1.29 is 33.4 Å². The second-order valence-corrected chi connectivity index (χ2v) is 22.5. The van der Waals surface area contributed by atoms with Gasteiger partial charge in [0, 0.05) is 92.4 Å². The number of amides is 5. The minimum Gasteiger partial charge on any atom is -0.473 e. The van der Waals surface area contributed by atoms with Crippen molar-refractivity contribution >= 4 is 63.0 Å². The number of benzene rings is 2. The summed E-state index contributed by atoms with van der Waals surface area (Å²) in [4.78, 5) is 82.8. The second kappa shape index (κ2) is 18.2. The number of nitrogens with one attached hydrogen (secondary N) is 4. The Morgan fingerprint density at radius 2 is 1.08 bits per heavy atom. The third kappa shape index (κ3) is 8.34. The number of nitrogens with zero attached hydrogens (tertiary/aromatic N) is 7. The smallest absolute Gasteiger partial charge is 0.241 e. The molecule has 18 nitrogen and oxygen atoms in total. The number of pyridine rings is 2. The van der Waals surface area contributed by atoms with Crippen LogP contribution in [0, 0.1) is 11.8 Å². The summed E-state index contributed by atoms with van der Waals surface area (Å²) in [5, 5.41) is 12.1. The van der Waals surface area contributed by atoms with E-state index < -0.39 is 5.41 Å². The molecular formula is C57H63N11O7. The Morgan fingerprint density at radius 1 is 0.627 bits per heavy atom. The van der Waals surface area contributed by atoms with Crippen LogP contribution in [0.25, 0.3) is 44.6 Å². The number of piperidine rings is 1. The van der Waals surface area contributed by atoms with E-state index in [2.05, 4.69) is 48.6 Å². The highest BCUT2D eigenvalue weighted by Gasteiger charge is 2.49. The Bertz CT molecular complexity index is 3340. The van der Waals surface area contributed by atoms with E-state index in [0.29, 0.717) is 75.7 Å². The standard InChI is InChI=1S/C29H32N6O4.C28H31N5O3/c1-16(19-12-25(37)30-14-19)39-27-26-24(31-15-35(26)20-4-5-20)13-22(32-27)18-3-6-21-23(11-18)33-28(38)29(21)7-9-34(10-8-29)17(2)36;1-16(18-12-24(34)29-14-18)36-26-25-23(30-15-33(25)19-6-7-19)13-21(31-26)17-5-8-20-22(11-17)32-27(35)28(20)9-3-2-4-10-28/h3,6,11,13,15-16,19-20H,4-5,7-10,12,14H2,1-2H3,(H,30,37)(H,33,38);5,8,11,13,15-16,18-19H,2-4,6-7,9-10,12,14H2,1H3,(H,29,34)(H,32,35)/t16-,19-;16-,18-/m11/s1. The van der Waals surface area contributed by atoms with Crippen molar-refractivity contribution in [1.82, 2.24) is 44.6 Å². The lowest BCUT2D eigenvalue weighted by molar-refractivity contribution is -0.133. The SMILES string of the molecule is CC(=O)N1CCC2(CC1)C(=O)Nc1cc(-c3cc4ncn(C5CC5)c4c(O[C@H](C)[C@H]4CNC(=O)C4)n3)ccc12.C[C@@H](Oc1nc(-c2ccc3c(c2)NC(=O)C32CCCCC2)cc2ncn(C3CC3)c12)[C@H]1CNC(=O)C1. The van der Waals surface area contributed by atoms with Gasteiger partial charge >= 0.3 is 0 Å². The van der Waals surface area contributed by atoms with Crippen LogP contribution in [-0.2, 0) is 34.8 Å². The number of ether oxygens (including phenoxy) is 2. The maximum Gasteiger partial charge on any atom is 0.241 e. The Kier molecular flexibility index (Phi) is 11.5. The Labute approximate surface area is 434 Å². The molecule has 8 aliphatic rings. The third-order valence-electron chi connectivity index (χ3n) is 17.7. The van der Waals surface area contributed by atoms with Crippen molar-refractivity contribution in [3.63, 3.8) is 0 Å². The first kappa shape index (κ1) is 47.4. The summed E-state index contributed by atoms with van der Waals surface area (Å²) in [6.07, 6.45) is 15.3. The van der Waals surface area contributed by atoms with E-state index in [-0.39, 0.29) is 59.0 Å². The second-order valence-electron chi connectivity index (χ2n) is 22.5. The zero-order valence-corrected chi connectivity index (χ0v) is 42.7. The maximum absolute atomic E-state index is 13.2. The highest BCUT2D eigenvalue weighted by Crippen LogP contribution is 2.50. The molecule has 4 atom stereocenters. The highest BCUT2D eigenvalue weighted by atomic mass is 16.5. The van der Waals surface area contributed by atoms with Gasteiger partial charge < -0.3 is 44.8 Å². The molecular weight excluding hydrogens is 951 g/mol. The Balaban J connectivity index is 0.000000145. The zero-order valence-electron chi connectivity index (χ0n) is 42.7. The lowest BCUT2D eigenvalue weighted by atomic mass is 9.70. The predicted octanol–water partition coefficient (Wildman–Crippen LogP) is 7.66. The van der Waals surface area contributed by atoms with Crippen LogP contribution < -0.4 is 30.7 Å². The number of carbonyl (C=O) groups is 5. The summed E-state index contributed by atoms with van der Waals surface area (Å²) >= 11 is 0. The number of hydrogen-bond acceptors (Lipinski definition) is 11. The summed E-state index contributed by atoms with van der Waals surface area (Å²) in [6, 6.07) is 17.1. The van der Waals surface area contributed by atoms with Crippen molar-refractivity contribution in [2.45, 2.75) is 139 Å². The minimum atomic E-state index is -0.601. The van der Waals surface area contributed by atoms with Crippen molar-refractivity contribution in [2.24, 2.45) is 11.8 Å². The molecule has 5 aliphatic heterocycles. The van der Waals surface area contributed by atoms with Crippen molar-refractivity contribution in [3.8, 4) is 34.3 Å². The summed E-state index contributed by atoms with van der Waals surface area (Å²) in [5.41, 5.74) is 9.59. The van der Waals surface area contributed by atoms with Crippen LogP contribution in [0.3, 0.4) is 0 Å². The van der Waals surface area contributed by atoms with Crippen molar-refractivity contribution in [1.29, 1.82) is 0 Å². The Hall–Kier alpha value is -7.37. The van der Waals surface area contributed by atoms with Crippen molar-refractivity contribution in [3.05, 3.63) is 72.3 Å². The first-order chi connectivity index (χ1) is 36.3. The molecule has 3 saturated carbocycles. The normalized spacial score (nSPS) is 23.1. The topological polar surface area (TPSA) is 217 Å². The fourth-order valence-electron chi connectivity index (χ4n) is 12.8. The molecule has 5 amide bonds. The van der Waals surface area contributed by atoms with Crippen LogP contribution in [0.5, 0.6) is 11.8 Å². The number of carbonyl (C=O) groups excluding carboxylic acids is 5. The van der Waals surface area contributed by atoms with Gasteiger partial charge in [-0.25, -0.2) is 19.9 Å². The molecule has 6 aromatic rings. The molecule has 0 bridgehead atoms. The molecule has 2 spiro atoms. The molecule has 4 N–H and O–H groups in total. The zero-order chi connectivity index (χ0) is 51.3. The average Bonchev–Trinajstić information content (AvgIpc) is 4.17. The van der Waals surface area contributed by atoms with E-state index in [0.717, 1.165) is 118 Å². The predicted molar refractivity (Wildman–Crippen MR) is 280 cm³/mol. The maximum atomic E-state index is 13.2. The van der Waals surface area contributed by atoms with Crippen LogP contribution in [0.4, 0.5) is 11.4 Å². The first-order valence-corrected chi connectivity index (χ1v) is 27.1. The van der Waals surface area contributed by atoms with E-state index in [1.54, 1.807) is 6.92 Å². The van der Waals surface area contributed by atoms with Crippen LogP contribution in [0.15, 0.2) is 61.2 Å².